The molecule has 1 amide bonds. The Morgan fingerprint density at radius 1 is 1.03 bits per heavy atom. The van der Waals surface area contributed by atoms with Crippen LogP contribution < -0.4 is 15.8 Å². The Morgan fingerprint density at radius 2 is 1.81 bits per heavy atom. The summed E-state index contributed by atoms with van der Waals surface area (Å²) in [7, 11) is 0. The second kappa shape index (κ2) is 8.04. The van der Waals surface area contributed by atoms with Crippen LogP contribution in [0.4, 0.5) is 11.6 Å². The molecule has 0 aliphatic carbocycles. The van der Waals surface area contributed by atoms with E-state index in [0.717, 1.165) is 30.0 Å². The van der Waals surface area contributed by atoms with Crippen LogP contribution in [-0.4, -0.2) is 51.8 Å². The van der Waals surface area contributed by atoms with Crippen molar-refractivity contribution in [1.29, 1.82) is 0 Å². The molecule has 1 aliphatic heterocycles. The maximum absolute atomic E-state index is 12.8. The van der Waals surface area contributed by atoms with Gasteiger partial charge in [0.05, 0.1) is 19.4 Å². The summed E-state index contributed by atoms with van der Waals surface area (Å²) in [5.41, 5.74) is 2.79. The van der Waals surface area contributed by atoms with Crippen LogP contribution in [0.3, 0.4) is 0 Å². The zero-order chi connectivity index (χ0) is 21.2. The minimum atomic E-state index is -0.252. The van der Waals surface area contributed by atoms with Crippen molar-refractivity contribution in [1.82, 2.24) is 19.6 Å². The highest BCUT2D eigenvalue weighted by molar-refractivity contribution is 6.04. The van der Waals surface area contributed by atoms with Crippen molar-refractivity contribution in [2.45, 2.75) is 0 Å². The first-order valence-corrected chi connectivity index (χ1v) is 9.95. The number of benzene rings is 1. The number of ether oxygens (including phenoxy) is 1. The highest BCUT2D eigenvalue weighted by atomic mass is 16.5. The maximum Gasteiger partial charge on any atom is 0.256 e. The Bertz CT molecular complexity index is 1270. The third-order valence-corrected chi connectivity index (χ3v) is 5.18. The van der Waals surface area contributed by atoms with E-state index in [1.165, 1.54) is 6.07 Å². The second-order valence-electron chi connectivity index (χ2n) is 7.17. The van der Waals surface area contributed by atoms with Crippen molar-refractivity contribution in [2.24, 2.45) is 0 Å². The molecule has 0 atom stereocenters. The number of amides is 1. The average molecular weight is 416 g/mol. The molecule has 1 aromatic carbocycles. The number of carbonyl (C=O) groups is 1. The van der Waals surface area contributed by atoms with Crippen molar-refractivity contribution in [3.05, 3.63) is 76.8 Å². The number of H-pyrrole nitrogens is 1. The van der Waals surface area contributed by atoms with Gasteiger partial charge in [0, 0.05) is 43.0 Å². The van der Waals surface area contributed by atoms with Crippen LogP contribution in [-0.2, 0) is 4.74 Å². The molecule has 9 heteroatoms. The molecule has 2 N–H and O–H groups in total. The Labute approximate surface area is 177 Å². The number of aromatic nitrogens is 4. The van der Waals surface area contributed by atoms with Gasteiger partial charge in [0.1, 0.15) is 11.6 Å². The van der Waals surface area contributed by atoms with Crippen molar-refractivity contribution >= 4 is 23.2 Å². The van der Waals surface area contributed by atoms with Crippen LogP contribution in [0.2, 0.25) is 0 Å². The SMILES string of the molecule is O=C(Nc1cc(N2CCOCC2)n2nccc2n1)c1ccc(-c2ccc(=O)[nH]c2)cc1. The number of fused-ring (bicyclic) bond motifs is 1. The lowest BCUT2D eigenvalue weighted by molar-refractivity contribution is 0.102. The number of rotatable bonds is 4. The van der Waals surface area contributed by atoms with E-state index < -0.39 is 0 Å². The van der Waals surface area contributed by atoms with Gasteiger partial charge < -0.3 is 19.9 Å². The zero-order valence-electron chi connectivity index (χ0n) is 16.6. The number of nitrogens with zero attached hydrogens (tertiary/aromatic N) is 4. The Balaban J connectivity index is 1.38. The summed E-state index contributed by atoms with van der Waals surface area (Å²) in [6.07, 6.45) is 3.34. The van der Waals surface area contributed by atoms with Gasteiger partial charge in [0.25, 0.3) is 5.91 Å². The van der Waals surface area contributed by atoms with Crippen LogP contribution in [0.25, 0.3) is 16.8 Å². The third kappa shape index (κ3) is 3.90. The lowest BCUT2D eigenvalue weighted by Crippen LogP contribution is -2.37. The molecule has 1 aliphatic rings. The molecule has 4 aromatic rings. The van der Waals surface area contributed by atoms with Gasteiger partial charge in [-0.05, 0) is 29.3 Å². The number of anilines is 2. The molecular formula is C22H20N6O3. The molecular weight excluding hydrogens is 396 g/mol. The van der Waals surface area contributed by atoms with Crippen molar-refractivity contribution in [3.63, 3.8) is 0 Å². The van der Waals surface area contributed by atoms with Gasteiger partial charge in [0.2, 0.25) is 5.56 Å². The number of carbonyl (C=O) groups excluding carboxylic acids is 1. The Kier molecular flexibility index (Phi) is 4.93. The van der Waals surface area contributed by atoms with Crippen molar-refractivity contribution in [2.75, 3.05) is 36.5 Å². The molecule has 0 unspecified atom stereocenters. The van der Waals surface area contributed by atoms with Gasteiger partial charge in [-0.25, -0.2) is 4.98 Å². The van der Waals surface area contributed by atoms with Gasteiger partial charge in [-0.3, -0.25) is 9.59 Å². The van der Waals surface area contributed by atoms with E-state index in [1.54, 1.807) is 41.2 Å². The zero-order valence-corrected chi connectivity index (χ0v) is 16.6. The maximum atomic E-state index is 12.8. The Morgan fingerprint density at radius 3 is 2.55 bits per heavy atom. The topological polar surface area (TPSA) is 105 Å². The minimum absolute atomic E-state index is 0.154. The van der Waals surface area contributed by atoms with Crippen LogP contribution in [0, 0.1) is 0 Å². The van der Waals surface area contributed by atoms with Gasteiger partial charge >= 0.3 is 0 Å². The molecule has 5 rings (SSSR count). The number of nitrogens with one attached hydrogen (secondary N) is 2. The van der Waals surface area contributed by atoms with E-state index in [-0.39, 0.29) is 11.5 Å². The molecule has 0 radical (unpaired) electrons. The minimum Gasteiger partial charge on any atom is -0.378 e. The Hall–Kier alpha value is -3.98. The lowest BCUT2D eigenvalue weighted by Gasteiger charge is -2.29. The van der Waals surface area contributed by atoms with Crippen LogP contribution >= 0.6 is 0 Å². The van der Waals surface area contributed by atoms with E-state index in [9.17, 15) is 9.59 Å². The van der Waals surface area contributed by atoms with E-state index in [0.29, 0.717) is 30.2 Å². The summed E-state index contributed by atoms with van der Waals surface area (Å²) in [4.78, 5) is 33.4. The van der Waals surface area contributed by atoms with E-state index in [1.807, 2.05) is 18.2 Å². The summed E-state index contributed by atoms with van der Waals surface area (Å²) in [6.45, 7) is 2.79. The molecule has 3 aromatic heterocycles. The second-order valence-corrected chi connectivity index (χ2v) is 7.17. The normalized spacial score (nSPS) is 14.0. The van der Waals surface area contributed by atoms with Gasteiger partial charge in [-0.2, -0.15) is 9.61 Å². The monoisotopic (exact) mass is 416 g/mol. The predicted molar refractivity (Wildman–Crippen MR) is 116 cm³/mol. The standard InChI is InChI=1S/C22H20N6O3/c29-20-6-5-17(14-23-20)15-1-3-16(4-2-15)22(30)26-18-13-21(27-9-11-31-12-10-27)28-19(25-18)7-8-24-28/h1-8,13-14H,9-12H2,(H,23,29)(H,25,26,30). The van der Waals surface area contributed by atoms with E-state index in [4.69, 9.17) is 4.74 Å². The van der Waals surface area contributed by atoms with E-state index in [2.05, 4.69) is 25.3 Å². The highest BCUT2D eigenvalue weighted by Crippen LogP contribution is 2.22. The lowest BCUT2D eigenvalue weighted by atomic mass is 10.1. The molecule has 0 saturated carbocycles. The number of morpholine rings is 1. The molecule has 9 nitrogen and oxygen atoms in total. The molecule has 0 bridgehead atoms. The van der Waals surface area contributed by atoms with Crippen molar-refractivity contribution < 1.29 is 9.53 Å². The quantitative estimate of drug-likeness (QED) is 0.528. The third-order valence-electron chi connectivity index (χ3n) is 5.18. The summed E-state index contributed by atoms with van der Waals surface area (Å²) in [5, 5.41) is 7.24. The number of hydrogen-bond donors (Lipinski definition) is 2. The highest BCUT2D eigenvalue weighted by Gasteiger charge is 2.17. The van der Waals surface area contributed by atoms with Crippen molar-refractivity contribution in [3.8, 4) is 11.1 Å². The molecule has 1 fully saturated rings. The van der Waals surface area contributed by atoms with Crippen LogP contribution in [0.15, 0.2) is 65.7 Å². The van der Waals surface area contributed by atoms with E-state index >= 15 is 0 Å². The van der Waals surface area contributed by atoms with Crippen LogP contribution in [0.5, 0.6) is 0 Å². The number of pyridine rings is 1. The summed E-state index contributed by atoms with van der Waals surface area (Å²) < 4.78 is 7.20. The number of aromatic amines is 1. The van der Waals surface area contributed by atoms with Gasteiger partial charge in [0.15, 0.2) is 5.65 Å². The molecule has 4 heterocycles. The largest absolute Gasteiger partial charge is 0.378 e. The molecule has 0 spiro atoms. The first-order chi connectivity index (χ1) is 15.2. The molecule has 31 heavy (non-hydrogen) atoms. The van der Waals surface area contributed by atoms with Crippen LogP contribution in [0.1, 0.15) is 10.4 Å². The summed E-state index contributed by atoms with van der Waals surface area (Å²) in [6, 6.07) is 14.0. The fourth-order valence-electron chi connectivity index (χ4n) is 3.57. The number of hydrogen-bond acceptors (Lipinski definition) is 6. The summed E-state index contributed by atoms with van der Waals surface area (Å²) >= 11 is 0. The van der Waals surface area contributed by atoms with Gasteiger partial charge in [-0.15, -0.1) is 0 Å². The fraction of sp³-hybridized carbons (Fsp3) is 0.182. The predicted octanol–water partition coefficient (Wildman–Crippen LogP) is 2.17. The first kappa shape index (κ1) is 19.0. The van der Waals surface area contributed by atoms with Gasteiger partial charge in [-0.1, -0.05) is 12.1 Å². The fourth-order valence-corrected chi connectivity index (χ4v) is 3.57. The summed E-state index contributed by atoms with van der Waals surface area (Å²) in [5.74, 6) is 1.07. The first-order valence-electron chi connectivity index (χ1n) is 9.95. The molecule has 156 valence electrons. The smallest absolute Gasteiger partial charge is 0.256 e. The molecule has 1 saturated heterocycles. The average Bonchev–Trinajstić information content (AvgIpc) is 3.28.